The quantitative estimate of drug-likeness (QED) is 0.797. The van der Waals surface area contributed by atoms with Gasteiger partial charge in [0.05, 0.1) is 18.8 Å². The molecule has 1 aromatic carbocycles. The molecule has 0 aliphatic heterocycles. The molecule has 15 heavy (non-hydrogen) atoms. The Morgan fingerprint density at radius 2 is 2.07 bits per heavy atom. The van der Waals surface area contributed by atoms with Crippen molar-refractivity contribution in [3.05, 3.63) is 35.9 Å². The first-order valence-electron chi connectivity index (χ1n) is 5.74. The molecule has 1 aromatic rings. The summed E-state index contributed by atoms with van der Waals surface area (Å²) in [6.07, 6.45) is 4.33. The minimum absolute atomic E-state index is 0.326. The van der Waals surface area contributed by atoms with Crippen molar-refractivity contribution in [1.29, 1.82) is 0 Å². The Labute approximate surface area is 91.6 Å². The number of hydrogen-bond acceptors (Lipinski definition) is 2. The molecule has 2 nitrogen and oxygen atoms in total. The van der Waals surface area contributed by atoms with Gasteiger partial charge < -0.3 is 10.1 Å². The van der Waals surface area contributed by atoms with Crippen LogP contribution in [0.15, 0.2) is 30.3 Å². The molecule has 0 amide bonds. The van der Waals surface area contributed by atoms with Crippen LogP contribution in [0.4, 0.5) is 0 Å². The van der Waals surface area contributed by atoms with Crippen LogP contribution >= 0.6 is 0 Å². The van der Waals surface area contributed by atoms with Crippen LogP contribution in [0, 0.1) is 0 Å². The SMILES string of the molecule is CNC(COC1CCC1)c1ccccc1. The lowest BCUT2D eigenvalue weighted by Crippen LogP contribution is -2.28. The summed E-state index contributed by atoms with van der Waals surface area (Å²) < 4.78 is 5.82. The van der Waals surface area contributed by atoms with Gasteiger partial charge in [-0.3, -0.25) is 0 Å². The number of hydrogen-bond donors (Lipinski definition) is 1. The molecule has 0 heterocycles. The van der Waals surface area contributed by atoms with Crippen molar-refractivity contribution in [2.45, 2.75) is 31.4 Å². The molecule has 0 radical (unpaired) electrons. The Morgan fingerprint density at radius 1 is 1.33 bits per heavy atom. The average molecular weight is 205 g/mol. The molecule has 1 unspecified atom stereocenters. The first kappa shape index (κ1) is 10.7. The van der Waals surface area contributed by atoms with Gasteiger partial charge in [0.15, 0.2) is 0 Å². The topological polar surface area (TPSA) is 21.3 Å². The Balaban J connectivity index is 1.86. The monoisotopic (exact) mass is 205 g/mol. The largest absolute Gasteiger partial charge is 0.376 e. The van der Waals surface area contributed by atoms with Gasteiger partial charge in [0.1, 0.15) is 0 Å². The highest BCUT2D eigenvalue weighted by Crippen LogP contribution is 2.23. The van der Waals surface area contributed by atoms with Gasteiger partial charge in [-0.25, -0.2) is 0 Å². The second-order valence-electron chi connectivity index (χ2n) is 4.14. The lowest BCUT2D eigenvalue weighted by molar-refractivity contribution is -0.00794. The van der Waals surface area contributed by atoms with Gasteiger partial charge in [-0.05, 0) is 31.9 Å². The molecular weight excluding hydrogens is 186 g/mol. The van der Waals surface area contributed by atoms with Crippen LogP contribution in [0.2, 0.25) is 0 Å². The summed E-state index contributed by atoms with van der Waals surface area (Å²) >= 11 is 0. The summed E-state index contributed by atoms with van der Waals surface area (Å²) in [4.78, 5) is 0. The Hall–Kier alpha value is -0.860. The minimum atomic E-state index is 0.326. The third kappa shape index (κ3) is 2.80. The molecule has 0 spiro atoms. The maximum absolute atomic E-state index is 5.82. The van der Waals surface area contributed by atoms with Gasteiger partial charge in [0.2, 0.25) is 0 Å². The summed E-state index contributed by atoms with van der Waals surface area (Å²) in [7, 11) is 1.99. The van der Waals surface area contributed by atoms with Crippen molar-refractivity contribution in [2.24, 2.45) is 0 Å². The van der Waals surface area contributed by atoms with Crippen molar-refractivity contribution in [2.75, 3.05) is 13.7 Å². The summed E-state index contributed by atoms with van der Waals surface area (Å²) in [5, 5.41) is 3.30. The van der Waals surface area contributed by atoms with Gasteiger partial charge >= 0.3 is 0 Å². The molecule has 1 atom stereocenters. The Morgan fingerprint density at radius 3 is 2.60 bits per heavy atom. The van der Waals surface area contributed by atoms with E-state index in [1.54, 1.807) is 0 Å². The highest BCUT2D eigenvalue weighted by Gasteiger charge is 2.19. The molecule has 0 saturated heterocycles. The first-order valence-corrected chi connectivity index (χ1v) is 5.74. The van der Waals surface area contributed by atoms with Crippen LogP contribution in [-0.4, -0.2) is 19.8 Å². The molecule has 0 bridgehead atoms. The van der Waals surface area contributed by atoms with E-state index in [9.17, 15) is 0 Å². The molecule has 2 heteroatoms. The Kier molecular flexibility index (Phi) is 3.75. The van der Waals surface area contributed by atoms with Crippen molar-refractivity contribution in [3.63, 3.8) is 0 Å². The average Bonchev–Trinajstić information content (AvgIpc) is 2.23. The molecular formula is C13H19NO. The minimum Gasteiger partial charge on any atom is -0.376 e. The van der Waals surface area contributed by atoms with E-state index in [2.05, 4.69) is 29.6 Å². The maximum atomic E-state index is 5.82. The van der Waals surface area contributed by atoms with E-state index in [1.807, 2.05) is 13.1 Å². The van der Waals surface area contributed by atoms with Crippen LogP contribution in [0.3, 0.4) is 0 Å². The Bertz CT molecular complexity index is 282. The number of likely N-dealkylation sites (N-methyl/N-ethyl adjacent to an activating group) is 1. The van der Waals surface area contributed by atoms with Crippen LogP contribution in [0.25, 0.3) is 0 Å². The molecule has 0 aromatic heterocycles. The molecule has 2 rings (SSSR count). The summed E-state index contributed by atoms with van der Waals surface area (Å²) in [5.74, 6) is 0. The summed E-state index contributed by atoms with van der Waals surface area (Å²) in [6.45, 7) is 0.783. The number of nitrogens with one attached hydrogen (secondary N) is 1. The van der Waals surface area contributed by atoms with E-state index in [4.69, 9.17) is 4.74 Å². The molecule has 1 saturated carbocycles. The fourth-order valence-electron chi connectivity index (χ4n) is 1.80. The standard InChI is InChI=1S/C13H19NO/c1-14-13(10-15-12-8-5-9-12)11-6-3-2-4-7-11/h2-4,6-7,12-14H,5,8-10H2,1H3. The third-order valence-corrected chi connectivity index (χ3v) is 3.10. The lowest BCUT2D eigenvalue weighted by atomic mass is 9.96. The smallest absolute Gasteiger partial charge is 0.0665 e. The highest BCUT2D eigenvalue weighted by molar-refractivity contribution is 5.18. The van der Waals surface area contributed by atoms with Gasteiger partial charge in [0, 0.05) is 0 Å². The maximum Gasteiger partial charge on any atom is 0.0665 e. The zero-order valence-corrected chi connectivity index (χ0v) is 9.28. The molecule has 82 valence electrons. The van der Waals surface area contributed by atoms with Gasteiger partial charge in [-0.15, -0.1) is 0 Å². The molecule has 1 fully saturated rings. The fourth-order valence-corrected chi connectivity index (χ4v) is 1.80. The second-order valence-corrected chi connectivity index (χ2v) is 4.14. The van der Waals surface area contributed by atoms with Crippen LogP contribution in [0.1, 0.15) is 30.9 Å². The number of ether oxygens (including phenoxy) is 1. The van der Waals surface area contributed by atoms with E-state index in [-0.39, 0.29) is 0 Å². The number of benzene rings is 1. The predicted octanol–water partition coefficient (Wildman–Crippen LogP) is 2.52. The van der Waals surface area contributed by atoms with Crippen molar-refractivity contribution >= 4 is 0 Å². The molecule has 1 aliphatic rings. The highest BCUT2D eigenvalue weighted by atomic mass is 16.5. The van der Waals surface area contributed by atoms with Crippen LogP contribution < -0.4 is 5.32 Å². The zero-order chi connectivity index (χ0) is 10.5. The molecule has 1 aliphatic carbocycles. The molecule has 1 N–H and O–H groups in total. The zero-order valence-electron chi connectivity index (χ0n) is 9.28. The first-order chi connectivity index (χ1) is 7.40. The van der Waals surface area contributed by atoms with Gasteiger partial charge in [-0.2, -0.15) is 0 Å². The lowest BCUT2D eigenvalue weighted by Gasteiger charge is -2.28. The van der Waals surface area contributed by atoms with Crippen molar-refractivity contribution < 1.29 is 4.74 Å². The normalized spacial score (nSPS) is 18.5. The van der Waals surface area contributed by atoms with Gasteiger partial charge in [-0.1, -0.05) is 30.3 Å². The van der Waals surface area contributed by atoms with Gasteiger partial charge in [0.25, 0.3) is 0 Å². The summed E-state index contributed by atoms with van der Waals surface area (Å²) in [5.41, 5.74) is 1.30. The second kappa shape index (κ2) is 5.29. The summed E-state index contributed by atoms with van der Waals surface area (Å²) in [6, 6.07) is 10.8. The number of rotatable bonds is 5. The van der Waals surface area contributed by atoms with Crippen molar-refractivity contribution in [1.82, 2.24) is 5.32 Å². The predicted molar refractivity (Wildman–Crippen MR) is 61.8 cm³/mol. The van der Waals surface area contributed by atoms with E-state index < -0.39 is 0 Å². The van der Waals surface area contributed by atoms with Crippen LogP contribution in [-0.2, 0) is 4.74 Å². The fraction of sp³-hybridized carbons (Fsp3) is 0.538. The van der Waals surface area contributed by atoms with E-state index >= 15 is 0 Å². The third-order valence-electron chi connectivity index (χ3n) is 3.10. The van der Waals surface area contributed by atoms with E-state index in [0.29, 0.717) is 12.1 Å². The van der Waals surface area contributed by atoms with E-state index in [1.165, 1.54) is 24.8 Å². The van der Waals surface area contributed by atoms with E-state index in [0.717, 1.165) is 6.61 Å². The van der Waals surface area contributed by atoms with Crippen LogP contribution in [0.5, 0.6) is 0 Å². The van der Waals surface area contributed by atoms with Crippen molar-refractivity contribution in [3.8, 4) is 0 Å².